The molecule has 86 valence electrons. The molecular formula is C11H12ClNO3. The Balaban J connectivity index is 2.88. The normalized spacial score (nSPS) is 9.62. The van der Waals surface area contributed by atoms with Crippen LogP contribution < -0.4 is 4.90 Å². The minimum atomic E-state index is -0.484. The zero-order chi connectivity index (χ0) is 12.0. The molecule has 16 heavy (non-hydrogen) atoms. The van der Waals surface area contributed by atoms with E-state index in [0.717, 1.165) is 0 Å². The van der Waals surface area contributed by atoms with Gasteiger partial charge in [0.05, 0.1) is 7.11 Å². The van der Waals surface area contributed by atoms with E-state index < -0.39 is 5.97 Å². The lowest BCUT2D eigenvalue weighted by atomic mass is 10.3. The maximum atomic E-state index is 11.6. The summed E-state index contributed by atoms with van der Waals surface area (Å²) in [7, 11) is 1.27. The Morgan fingerprint density at radius 1 is 1.31 bits per heavy atom. The number of methoxy groups -OCH3 is 1. The van der Waals surface area contributed by atoms with Crippen LogP contribution in [0.15, 0.2) is 30.3 Å². The molecule has 5 heteroatoms. The van der Waals surface area contributed by atoms with Gasteiger partial charge in [-0.2, -0.15) is 0 Å². The number of carbonyl (C=O) groups excluding carboxylic acids is 2. The van der Waals surface area contributed by atoms with Crippen LogP contribution in [0.1, 0.15) is 0 Å². The minimum absolute atomic E-state index is 0.133. The van der Waals surface area contributed by atoms with Crippen molar-refractivity contribution in [3.8, 4) is 0 Å². The molecule has 1 rings (SSSR count). The molecule has 0 bridgehead atoms. The van der Waals surface area contributed by atoms with Gasteiger partial charge in [0.1, 0.15) is 12.4 Å². The lowest BCUT2D eigenvalue weighted by Crippen LogP contribution is -2.37. The number of halogens is 1. The van der Waals surface area contributed by atoms with Crippen LogP contribution in [0.4, 0.5) is 5.69 Å². The Morgan fingerprint density at radius 2 is 1.94 bits per heavy atom. The largest absolute Gasteiger partial charge is 0.468 e. The van der Waals surface area contributed by atoms with Gasteiger partial charge in [-0.05, 0) is 12.1 Å². The van der Waals surface area contributed by atoms with Crippen LogP contribution in [0.3, 0.4) is 0 Å². The van der Waals surface area contributed by atoms with Gasteiger partial charge in [-0.15, -0.1) is 11.6 Å². The van der Waals surface area contributed by atoms with Gasteiger partial charge in [0.2, 0.25) is 5.91 Å². The number of carbonyl (C=O) groups is 2. The molecule has 1 amide bonds. The highest BCUT2D eigenvalue weighted by Gasteiger charge is 2.18. The highest BCUT2D eigenvalue weighted by molar-refractivity contribution is 6.29. The van der Waals surface area contributed by atoms with Crippen LogP contribution in [0.5, 0.6) is 0 Å². The van der Waals surface area contributed by atoms with Crippen LogP contribution in [-0.2, 0) is 14.3 Å². The van der Waals surface area contributed by atoms with Crippen LogP contribution in [0, 0.1) is 0 Å². The Labute approximate surface area is 98.8 Å². The molecule has 0 radical (unpaired) electrons. The van der Waals surface area contributed by atoms with E-state index in [1.54, 1.807) is 24.3 Å². The van der Waals surface area contributed by atoms with Gasteiger partial charge in [0.15, 0.2) is 0 Å². The fourth-order valence-corrected chi connectivity index (χ4v) is 1.34. The Morgan fingerprint density at radius 3 is 2.44 bits per heavy atom. The quantitative estimate of drug-likeness (QED) is 0.592. The maximum Gasteiger partial charge on any atom is 0.325 e. The number of hydrogen-bond acceptors (Lipinski definition) is 3. The van der Waals surface area contributed by atoms with Crippen molar-refractivity contribution < 1.29 is 14.3 Å². The Kier molecular flexibility index (Phi) is 4.79. The number of esters is 1. The highest BCUT2D eigenvalue weighted by atomic mass is 35.5. The number of amides is 1. The lowest BCUT2D eigenvalue weighted by molar-refractivity contribution is -0.139. The molecule has 0 saturated carbocycles. The first-order valence-electron chi connectivity index (χ1n) is 4.67. The van der Waals surface area contributed by atoms with Crippen LogP contribution >= 0.6 is 11.6 Å². The monoisotopic (exact) mass is 241 g/mol. The summed E-state index contributed by atoms with van der Waals surface area (Å²) in [6.07, 6.45) is 0. The number of hydrogen-bond donors (Lipinski definition) is 0. The fourth-order valence-electron chi connectivity index (χ4n) is 1.20. The lowest BCUT2D eigenvalue weighted by Gasteiger charge is -2.20. The fraction of sp³-hybridized carbons (Fsp3) is 0.273. The smallest absolute Gasteiger partial charge is 0.325 e. The predicted molar refractivity (Wildman–Crippen MR) is 61.5 cm³/mol. The number of anilines is 1. The molecule has 0 aliphatic heterocycles. The van der Waals surface area contributed by atoms with Crippen molar-refractivity contribution in [3.63, 3.8) is 0 Å². The summed E-state index contributed by atoms with van der Waals surface area (Å²) in [5.41, 5.74) is 0.624. The number of nitrogens with zero attached hydrogens (tertiary/aromatic N) is 1. The van der Waals surface area contributed by atoms with E-state index in [0.29, 0.717) is 5.69 Å². The topological polar surface area (TPSA) is 46.6 Å². The highest BCUT2D eigenvalue weighted by Crippen LogP contribution is 2.13. The number of rotatable bonds is 4. The van der Waals surface area contributed by atoms with Crippen molar-refractivity contribution in [1.29, 1.82) is 0 Å². The summed E-state index contributed by atoms with van der Waals surface area (Å²) < 4.78 is 4.52. The second-order valence-electron chi connectivity index (χ2n) is 3.03. The first-order valence-corrected chi connectivity index (χ1v) is 5.20. The van der Waals surface area contributed by atoms with Gasteiger partial charge in [-0.3, -0.25) is 9.59 Å². The minimum Gasteiger partial charge on any atom is -0.468 e. The number of benzene rings is 1. The van der Waals surface area contributed by atoms with E-state index in [-0.39, 0.29) is 18.3 Å². The summed E-state index contributed by atoms with van der Waals surface area (Å²) in [5, 5.41) is 0. The van der Waals surface area contributed by atoms with E-state index in [2.05, 4.69) is 4.74 Å². The summed E-state index contributed by atoms with van der Waals surface area (Å²) >= 11 is 5.48. The third-order valence-corrected chi connectivity index (χ3v) is 2.23. The van der Waals surface area contributed by atoms with Gasteiger partial charge >= 0.3 is 5.97 Å². The Hall–Kier alpha value is -1.55. The molecule has 0 heterocycles. The summed E-state index contributed by atoms with van der Waals surface area (Å²) in [6.45, 7) is -0.133. The van der Waals surface area contributed by atoms with E-state index in [1.165, 1.54) is 12.0 Å². The molecule has 0 aliphatic carbocycles. The molecule has 1 aromatic carbocycles. The average molecular weight is 242 g/mol. The molecule has 0 N–H and O–H groups in total. The SMILES string of the molecule is COC(=O)CN(C(=O)CCl)c1ccccc1. The van der Waals surface area contributed by atoms with Crippen molar-refractivity contribution in [2.24, 2.45) is 0 Å². The van der Waals surface area contributed by atoms with Crippen LogP contribution in [0.25, 0.3) is 0 Å². The number of para-hydroxylation sites is 1. The Bertz CT molecular complexity index is 367. The van der Waals surface area contributed by atoms with Crippen molar-refractivity contribution in [3.05, 3.63) is 30.3 Å². The van der Waals surface area contributed by atoms with E-state index >= 15 is 0 Å². The molecule has 4 nitrogen and oxygen atoms in total. The maximum absolute atomic E-state index is 11.6. The van der Waals surface area contributed by atoms with Crippen LogP contribution in [-0.4, -0.2) is 31.4 Å². The van der Waals surface area contributed by atoms with Gasteiger partial charge in [0.25, 0.3) is 0 Å². The van der Waals surface area contributed by atoms with Crippen LogP contribution in [0.2, 0.25) is 0 Å². The number of alkyl halides is 1. The summed E-state index contributed by atoms with van der Waals surface area (Å²) in [6, 6.07) is 8.84. The standard InChI is InChI=1S/C11H12ClNO3/c1-16-11(15)8-13(10(14)7-12)9-5-3-2-4-6-9/h2-6H,7-8H2,1H3. The van der Waals surface area contributed by atoms with E-state index in [9.17, 15) is 9.59 Å². The van der Waals surface area contributed by atoms with Gasteiger partial charge in [0, 0.05) is 5.69 Å². The molecule has 0 saturated heterocycles. The van der Waals surface area contributed by atoms with Crippen molar-refractivity contribution in [2.75, 3.05) is 24.4 Å². The molecule has 1 aromatic rings. The van der Waals surface area contributed by atoms with Gasteiger partial charge in [-0.25, -0.2) is 0 Å². The predicted octanol–water partition coefficient (Wildman–Crippen LogP) is 1.43. The third kappa shape index (κ3) is 3.24. The average Bonchev–Trinajstić information content (AvgIpc) is 2.35. The molecule has 0 aromatic heterocycles. The molecule has 0 aliphatic rings. The zero-order valence-corrected chi connectivity index (χ0v) is 9.61. The number of ether oxygens (including phenoxy) is 1. The molecule has 0 spiro atoms. The molecule has 0 unspecified atom stereocenters. The summed E-state index contributed by atoms with van der Waals surface area (Å²) in [4.78, 5) is 24.0. The second-order valence-corrected chi connectivity index (χ2v) is 3.29. The molecular weight excluding hydrogens is 230 g/mol. The second kappa shape index (κ2) is 6.12. The van der Waals surface area contributed by atoms with E-state index in [1.807, 2.05) is 6.07 Å². The molecule has 0 fully saturated rings. The first kappa shape index (κ1) is 12.5. The van der Waals surface area contributed by atoms with Crippen molar-refractivity contribution >= 4 is 29.2 Å². The first-order chi connectivity index (χ1) is 7.69. The van der Waals surface area contributed by atoms with E-state index in [4.69, 9.17) is 11.6 Å². The van der Waals surface area contributed by atoms with Crippen molar-refractivity contribution in [2.45, 2.75) is 0 Å². The molecule has 0 atom stereocenters. The third-order valence-electron chi connectivity index (χ3n) is 2.00. The van der Waals surface area contributed by atoms with Crippen molar-refractivity contribution in [1.82, 2.24) is 0 Å². The van der Waals surface area contributed by atoms with Gasteiger partial charge in [-0.1, -0.05) is 18.2 Å². The van der Waals surface area contributed by atoms with Gasteiger partial charge < -0.3 is 9.64 Å². The summed E-state index contributed by atoms with van der Waals surface area (Å²) in [5.74, 6) is -0.994. The zero-order valence-electron chi connectivity index (χ0n) is 8.85.